The number of hydrogen-bond acceptors (Lipinski definition) is 2. The fourth-order valence-corrected chi connectivity index (χ4v) is 0.746. The fraction of sp³-hybridized carbons (Fsp3) is 1.00. The monoisotopic (exact) mass is 145 g/mol. The van der Waals surface area contributed by atoms with E-state index in [9.17, 15) is 0 Å². The van der Waals surface area contributed by atoms with Gasteiger partial charge in [0.05, 0.1) is 6.73 Å². The van der Waals surface area contributed by atoms with E-state index >= 15 is 0 Å². The van der Waals surface area contributed by atoms with Crippen molar-refractivity contribution in [1.29, 1.82) is 0 Å². The van der Waals surface area contributed by atoms with Crippen LogP contribution in [0.2, 0.25) is 0 Å². The van der Waals surface area contributed by atoms with Crippen LogP contribution in [0.4, 0.5) is 0 Å². The fourth-order valence-electron chi connectivity index (χ4n) is 0.746. The molecule has 0 aliphatic carbocycles. The molecule has 1 N–H and O–H groups in total. The zero-order chi connectivity index (χ0) is 7.66. The zero-order valence-electron chi connectivity index (χ0n) is 7.15. The van der Waals surface area contributed by atoms with Gasteiger partial charge < -0.3 is 4.74 Å². The van der Waals surface area contributed by atoms with Gasteiger partial charge in [0.1, 0.15) is 0 Å². The molecule has 0 aromatic heterocycles. The van der Waals surface area contributed by atoms with E-state index in [4.69, 9.17) is 4.74 Å². The van der Waals surface area contributed by atoms with Crippen LogP contribution >= 0.6 is 0 Å². The van der Waals surface area contributed by atoms with Crippen LogP contribution in [0, 0.1) is 0 Å². The van der Waals surface area contributed by atoms with Gasteiger partial charge in [-0.15, -0.1) is 0 Å². The quantitative estimate of drug-likeness (QED) is 0.435. The summed E-state index contributed by atoms with van der Waals surface area (Å²) in [6.45, 7) is 6.82. The topological polar surface area (TPSA) is 21.3 Å². The van der Waals surface area contributed by atoms with Crippen LogP contribution in [0.5, 0.6) is 0 Å². The van der Waals surface area contributed by atoms with Crippen molar-refractivity contribution in [3.8, 4) is 0 Å². The molecule has 0 fully saturated rings. The largest absolute Gasteiger partial charge is 0.367 e. The van der Waals surface area contributed by atoms with Crippen molar-refractivity contribution >= 4 is 0 Å². The summed E-state index contributed by atoms with van der Waals surface area (Å²) in [6.07, 6.45) is 3.87. The van der Waals surface area contributed by atoms with Gasteiger partial charge in [0.15, 0.2) is 0 Å². The molecule has 0 aromatic rings. The van der Waals surface area contributed by atoms with E-state index in [1.807, 2.05) is 6.92 Å². The van der Waals surface area contributed by atoms with Gasteiger partial charge in [-0.1, -0.05) is 19.8 Å². The van der Waals surface area contributed by atoms with Crippen LogP contribution in [0.25, 0.3) is 0 Å². The maximum atomic E-state index is 5.10. The molecule has 0 unspecified atom stereocenters. The average molecular weight is 145 g/mol. The summed E-state index contributed by atoms with van der Waals surface area (Å²) in [5, 5.41) is 3.20. The highest BCUT2D eigenvalue weighted by atomic mass is 16.5. The molecule has 62 valence electrons. The van der Waals surface area contributed by atoms with Crippen molar-refractivity contribution < 1.29 is 4.74 Å². The Hall–Kier alpha value is -0.0800. The summed E-state index contributed by atoms with van der Waals surface area (Å²) in [7, 11) is 0. The molecule has 0 radical (unpaired) electrons. The van der Waals surface area contributed by atoms with Gasteiger partial charge in [-0.05, 0) is 19.9 Å². The number of rotatable bonds is 7. The Balaban J connectivity index is 2.65. The summed E-state index contributed by atoms with van der Waals surface area (Å²) in [5.74, 6) is 0. The molecule has 0 saturated heterocycles. The summed E-state index contributed by atoms with van der Waals surface area (Å²) >= 11 is 0. The highest BCUT2D eigenvalue weighted by Gasteiger charge is 1.84. The van der Waals surface area contributed by atoms with Crippen LogP contribution in [0.1, 0.15) is 33.1 Å². The normalized spacial score (nSPS) is 10.2. The first-order chi connectivity index (χ1) is 4.91. The Morgan fingerprint density at radius 1 is 1.20 bits per heavy atom. The number of hydrogen-bond donors (Lipinski definition) is 1. The lowest BCUT2D eigenvalue weighted by Gasteiger charge is -2.02. The smallest absolute Gasteiger partial charge is 0.0965 e. The molecule has 2 heteroatoms. The second-order valence-electron chi connectivity index (χ2n) is 2.34. The molecule has 0 aromatic carbocycles. The Morgan fingerprint density at radius 3 is 2.60 bits per heavy atom. The van der Waals surface area contributed by atoms with Gasteiger partial charge in [0, 0.05) is 6.61 Å². The van der Waals surface area contributed by atoms with E-state index in [2.05, 4.69) is 12.2 Å². The molecule has 0 bridgehead atoms. The van der Waals surface area contributed by atoms with Crippen molar-refractivity contribution in [1.82, 2.24) is 5.32 Å². The van der Waals surface area contributed by atoms with Crippen LogP contribution in [0.15, 0.2) is 0 Å². The number of ether oxygens (including phenoxy) is 1. The molecule has 10 heavy (non-hydrogen) atoms. The average Bonchev–Trinajstić information content (AvgIpc) is 1.97. The van der Waals surface area contributed by atoms with Gasteiger partial charge in [0.25, 0.3) is 0 Å². The minimum Gasteiger partial charge on any atom is -0.367 e. The minimum atomic E-state index is 0.709. The third-order valence-electron chi connectivity index (χ3n) is 1.37. The highest BCUT2D eigenvalue weighted by Crippen LogP contribution is 1.90. The molecule has 0 aliphatic heterocycles. The summed E-state index contributed by atoms with van der Waals surface area (Å²) < 4.78 is 5.10. The lowest BCUT2D eigenvalue weighted by atomic mass is 10.2. The Labute approximate surface area is 64.0 Å². The van der Waals surface area contributed by atoms with E-state index in [0.29, 0.717) is 6.73 Å². The predicted molar refractivity (Wildman–Crippen MR) is 44.0 cm³/mol. The van der Waals surface area contributed by atoms with Crippen LogP contribution < -0.4 is 5.32 Å². The first-order valence-electron chi connectivity index (χ1n) is 4.20. The minimum absolute atomic E-state index is 0.709. The van der Waals surface area contributed by atoms with Crippen molar-refractivity contribution in [2.45, 2.75) is 33.1 Å². The predicted octanol–water partition coefficient (Wildman–Crippen LogP) is 1.76. The molecule has 0 amide bonds. The lowest BCUT2D eigenvalue weighted by molar-refractivity contribution is 0.128. The van der Waals surface area contributed by atoms with Crippen LogP contribution in [-0.4, -0.2) is 19.9 Å². The van der Waals surface area contributed by atoms with Gasteiger partial charge in [-0.3, -0.25) is 5.32 Å². The third kappa shape index (κ3) is 7.92. The molecule has 0 aliphatic rings. The molecular formula is C8H19NO. The van der Waals surface area contributed by atoms with Crippen molar-refractivity contribution in [2.75, 3.05) is 19.9 Å². The molecule has 0 saturated carbocycles. The molecule has 0 spiro atoms. The zero-order valence-corrected chi connectivity index (χ0v) is 7.15. The van der Waals surface area contributed by atoms with E-state index in [1.165, 1.54) is 19.3 Å². The summed E-state index contributed by atoms with van der Waals surface area (Å²) in [5.41, 5.74) is 0. The maximum Gasteiger partial charge on any atom is 0.0965 e. The summed E-state index contributed by atoms with van der Waals surface area (Å²) in [6, 6.07) is 0. The van der Waals surface area contributed by atoms with Crippen molar-refractivity contribution in [3.63, 3.8) is 0 Å². The highest BCUT2D eigenvalue weighted by molar-refractivity contribution is 4.41. The van der Waals surface area contributed by atoms with Gasteiger partial charge in [-0.25, -0.2) is 0 Å². The molecular weight excluding hydrogens is 126 g/mol. The Morgan fingerprint density at radius 2 is 2.00 bits per heavy atom. The molecule has 2 nitrogen and oxygen atoms in total. The van der Waals surface area contributed by atoms with Gasteiger partial charge in [0.2, 0.25) is 0 Å². The number of nitrogens with one attached hydrogen (secondary N) is 1. The standard InChI is InChI=1S/C8H19NO/c1-3-5-6-7-9-8-10-4-2/h9H,3-8H2,1-2H3. The van der Waals surface area contributed by atoms with Gasteiger partial charge >= 0.3 is 0 Å². The van der Waals surface area contributed by atoms with E-state index < -0.39 is 0 Å². The molecule has 0 atom stereocenters. The van der Waals surface area contributed by atoms with Gasteiger partial charge in [-0.2, -0.15) is 0 Å². The van der Waals surface area contributed by atoms with Crippen LogP contribution in [-0.2, 0) is 4.74 Å². The third-order valence-corrected chi connectivity index (χ3v) is 1.37. The second-order valence-corrected chi connectivity index (χ2v) is 2.34. The second kappa shape index (κ2) is 8.92. The Kier molecular flexibility index (Phi) is 8.85. The first-order valence-corrected chi connectivity index (χ1v) is 4.20. The van der Waals surface area contributed by atoms with Crippen molar-refractivity contribution in [2.24, 2.45) is 0 Å². The summed E-state index contributed by atoms with van der Waals surface area (Å²) in [4.78, 5) is 0. The van der Waals surface area contributed by atoms with E-state index in [-0.39, 0.29) is 0 Å². The Bertz CT molecular complexity index is 49.2. The molecule has 0 rings (SSSR count). The number of unbranched alkanes of at least 4 members (excludes halogenated alkanes) is 2. The van der Waals surface area contributed by atoms with E-state index in [0.717, 1.165) is 13.2 Å². The van der Waals surface area contributed by atoms with Crippen molar-refractivity contribution in [3.05, 3.63) is 0 Å². The first kappa shape index (κ1) is 9.92. The SMILES string of the molecule is CCCCCNCOCC. The maximum absolute atomic E-state index is 5.10. The lowest BCUT2D eigenvalue weighted by Crippen LogP contribution is -2.18. The van der Waals surface area contributed by atoms with Crippen LogP contribution in [0.3, 0.4) is 0 Å². The molecule has 0 heterocycles. The van der Waals surface area contributed by atoms with E-state index in [1.54, 1.807) is 0 Å².